The monoisotopic (exact) mass is 214 g/mol. The molecule has 2 aliphatic rings. The number of ether oxygens (including phenoxy) is 1. The van der Waals surface area contributed by atoms with Gasteiger partial charge in [0.15, 0.2) is 0 Å². The molecule has 2 heterocycles. The van der Waals surface area contributed by atoms with E-state index in [0.29, 0.717) is 0 Å². The number of fused-ring (bicyclic) bond motifs is 2. The molecule has 0 spiro atoms. The van der Waals surface area contributed by atoms with Crippen molar-refractivity contribution in [3.05, 3.63) is 12.2 Å². The number of hydrogen-bond acceptors (Lipinski definition) is 4. The van der Waals surface area contributed by atoms with Gasteiger partial charge in [0.05, 0.1) is 18.9 Å². The van der Waals surface area contributed by atoms with Crippen LogP contribution in [0.3, 0.4) is 0 Å². The lowest BCUT2D eigenvalue weighted by atomic mass is 9.83. The third-order valence-electron chi connectivity index (χ3n) is 2.66. The fourth-order valence-electron chi connectivity index (χ4n) is 2.02. The standard InChI is InChI=1S/C9H10O4S/c1-13-9(12)7-5-3-2-4(14-5)6(7)8(10)11/h2-7H,1H3,(H,10,11)/t4-,5+,6-,7+/m0/s1. The molecule has 14 heavy (non-hydrogen) atoms. The SMILES string of the molecule is COC(=O)[C@H]1[C@@H](C(=O)O)[C@@H]2C=C[C@H]1S2. The minimum atomic E-state index is -0.912. The van der Waals surface area contributed by atoms with Gasteiger partial charge >= 0.3 is 11.9 Å². The summed E-state index contributed by atoms with van der Waals surface area (Å²) in [6.45, 7) is 0. The second-order valence-electron chi connectivity index (χ2n) is 3.36. The summed E-state index contributed by atoms with van der Waals surface area (Å²) in [4.78, 5) is 22.4. The van der Waals surface area contributed by atoms with E-state index in [0.717, 1.165) is 0 Å². The van der Waals surface area contributed by atoms with Crippen LogP contribution in [0.15, 0.2) is 12.2 Å². The molecule has 1 saturated heterocycles. The molecule has 4 atom stereocenters. The quantitative estimate of drug-likeness (QED) is 0.536. The highest BCUT2D eigenvalue weighted by Crippen LogP contribution is 2.49. The maximum atomic E-state index is 11.4. The molecule has 0 saturated carbocycles. The number of thioether (sulfide) groups is 1. The summed E-state index contributed by atoms with van der Waals surface area (Å²) >= 11 is 1.53. The van der Waals surface area contributed by atoms with Crippen LogP contribution in [0.1, 0.15) is 0 Å². The lowest BCUT2D eigenvalue weighted by Gasteiger charge is -2.20. The van der Waals surface area contributed by atoms with Crippen molar-refractivity contribution in [1.29, 1.82) is 0 Å². The Bertz CT molecular complexity index is 312. The predicted octanol–water partition coefficient (Wildman–Crippen LogP) is 0.530. The van der Waals surface area contributed by atoms with Gasteiger partial charge in [0.25, 0.3) is 0 Å². The number of carbonyl (C=O) groups excluding carboxylic acids is 1. The third-order valence-corrected chi connectivity index (χ3v) is 4.19. The van der Waals surface area contributed by atoms with Gasteiger partial charge in [-0.1, -0.05) is 12.2 Å². The van der Waals surface area contributed by atoms with Gasteiger partial charge < -0.3 is 9.84 Å². The van der Waals surface area contributed by atoms with Gasteiger partial charge in [-0.3, -0.25) is 9.59 Å². The molecule has 4 nitrogen and oxygen atoms in total. The molecule has 0 unspecified atom stereocenters. The zero-order valence-electron chi connectivity index (χ0n) is 7.54. The van der Waals surface area contributed by atoms with Crippen LogP contribution in [-0.4, -0.2) is 34.7 Å². The topological polar surface area (TPSA) is 63.6 Å². The van der Waals surface area contributed by atoms with Crippen LogP contribution < -0.4 is 0 Å². The summed E-state index contributed by atoms with van der Waals surface area (Å²) < 4.78 is 4.62. The number of carboxylic acids is 1. The highest BCUT2D eigenvalue weighted by atomic mass is 32.2. The van der Waals surface area contributed by atoms with Crippen LogP contribution in [0, 0.1) is 11.8 Å². The van der Waals surface area contributed by atoms with Crippen LogP contribution in [-0.2, 0) is 14.3 Å². The van der Waals surface area contributed by atoms with E-state index in [4.69, 9.17) is 5.11 Å². The van der Waals surface area contributed by atoms with Crippen LogP contribution in [0.5, 0.6) is 0 Å². The summed E-state index contributed by atoms with van der Waals surface area (Å²) in [7, 11) is 1.29. The van der Waals surface area contributed by atoms with Gasteiger partial charge in [-0.25, -0.2) is 0 Å². The van der Waals surface area contributed by atoms with E-state index in [1.807, 2.05) is 12.2 Å². The molecular weight excluding hydrogens is 204 g/mol. The molecule has 2 aliphatic heterocycles. The number of carboxylic acid groups (broad SMARTS) is 1. The molecular formula is C9H10O4S. The van der Waals surface area contributed by atoms with Crippen molar-refractivity contribution in [2.24, 2.45) is 11.8 Å². The molecule has 1 fully saturated rings. The molecule has 0 radical (unpaired) electrons. The van der Waals surface area contributed by atoms with E-state index in [1.54, 1.807) is 0 Å². The zero-order chi connectivity index (χ0) is 10.3. The van der Waals surface area contributed by atoms with Crippen molar-refractivity contribution in [2.75, 3.05) is 7.11 Å². The maximum Gasteiger partial charge on any atom is 0.311 e. The second-order valence-corrected chi connectivity index (χ2v) is 4.72. The first-order valence-electron chi connectivity index (χ1n) is 4.29. The Labute approximate surface area is 85.3 Å². The third kappa shape index (κ3) is 1.23. The number of aliphatic carboxylic acids is 1. The second kappa shape index (κ2) is 3.31. The van der Waals surface area contributed by atoms with Gasteiger partial charge in [-0.05, 0) is 0 Å². The van der Waals surface area contributed by atoms with Crippen LogP contribution >= 0.6 is 11.8 Å². The summed E-state index contributed by atoms with van der Waals surface area (Å²) in [6.07, 6.45) is 3.77. The molecule has 0 aromatic heterocycles. The Morgan fingerprint density at radius 2 is 1.86 bits per heavy atom. The van der Waals surface area contributed by atoms with E-state index in [-0.39, 0.29) is 10.5 Å². The predicted molar refractivity (Wildman–Crippen MR) is 50.9 cm³/mol. The van der Waals surface area contributed by atoms with Crippen molar-refractivity contribution < 1.29 is 19.4 Å². The first-order valence-corrected chi connectivity index (χ1v) is 5.24. The zero-order valence-corrected chi connectivity index (χ0v) is 8.36. The Morgan fingerprint density at radius 1 is 1.29 bits per heavy atom. The highest BCUT2D eigenvalue weighted by molar-refractivity contribution is 8.01. The van der Waals surface area contributed by atoms with E-state index in [9.17, 15) is 9.59 Å². The minimum Gasteiger partial charge on any atom is -0.481 e. The molecule has 2 bridgehead atoms. The van der Waals surface area contributed by atoms with Crippen molar-refractivity contribution in [3.8, 4) is 0 Å². The number of rotatable bonds is 2. The summed E-state index contributed by atoms with van der Waals surface area (Å²) in [6, 6.07) is 0. The fraction of sp³-hybridized carbons (Fsp3) is 0.556. The average Bonchev–Trinajstić information content (AvgIpc) is 2.74. The molecule has 76 valence electrons. The molecule has 2 rings (SSSR count). The van der Waals surface area contributed by atoms with Crippen molar-refractivity contribution in [3.63, 3.8) is 0 Å². The van der Waals surface area contributed by atoms with Crippen molar-refractivity contribution in [1.82, 2.24) is 0 Å². The van der Waals surface area contributed by atoms with E-state index < -0.39 is 23.8 Å². The van der Waals surface area contributed by atoms with Gasteiger partial charge in [0.2, 0.25) is 0 Å². The van der Waals surface area contributed by atoms with Gasteiger partial charge in [-0.2, -0.15) is 0 Å². The molecule has 0 aromatic carbocycles. The lowest BCUT2D eigenvalue weighted by molar-refractivity contribution is -0.154. The molecule has 0 aromatic rings. The highest BCUT2D eigenvalue weighted by Gasteiger charge is 2.53. The molecule has 1 N–H and O–H groups in total. The molecule has 0 aliphatic carbocycles. The number of hydrogen-bond donors (Lipinski definition) is 1. The number of methoxy groups -OCH3 is 1. The van der Waals surface area contributed by atoms with Gasteiger partial charge in [0, 0.05) is 10.5 Å². The van der Waals surface area contributed by atoms with Crippen molar-refractivity contribution in [2.45, 2.75) is 10.5 Å². The van der Waals surface area contributed by atoms with E-state index in [2.05, 4.69) is 4.74 Å². The Hall–Kier alpha value is -0.970. The minimum absolute atomic E-state index is 0.0199. The Morgan fingerprint density at radius 3 is 2.36 bits per heavy atom. The summed E-state index contributed by atoms with van der Waals surface area (Å²) in [5.74, 6) is -2.47. The van der Waals surface area contributed by atoms with Crippen LogP contribution in [0.2, 0.25) is 0 Å². The first kappa shape index (κ1) is 9.58. The smallest absolute Gasteiger partial charge is 0.311 e. The van der Waals surface area contributed by atoms with E-state index in [1.165, 1.54) is 18.9 Å². The van der Waals surface area contributed by atoms with Crippen LogP contribution in [0.4, 0.5) is 0 Å². The van der Waals surface area contributed by atoms with E-state index >= 15 is 0 Å². The normalized spacial score (nSPS) is 38.6. The maximum absolute atomic E-state index is 11.4. The summed E-state index contributed by atoms with van der Waals surface area (Å²) in [5.41, 5.74) is 0. The number of esters is 1. The molecule has 0 amide bonds. The fourth-order valence-corrected chi connectivity index (χ4v) is 3.65. The van der Waals surface area contributed by atoms with Gasteiger partial charge in [0.1, 0.15) is 0 Å². The van der Waals surface area contributed by atoms with Gasteiger partial charge in [-0.15, -0.1) is 11.8 Å². The Balaban J connectivity index is 2.26. The summed E-state index contributed by atoms with van der Waals surface area (Å²) in [5, 5.41) is 8.91. The molecule has 5 heteroatoms. The number of carbonyl (C=O) groups is 2. The largest absolute Gasteiger partial charge is 0.481 e. The lowest BCUT2D eigenvalue weighted by Crippen LogP contribution is -2.36. The van der Waals surface area contributed by atoms with Crippen molar-refractivity contribution >= 4 is 23.7 Å². The van der Waals surface area contributed by atoms with Crippen LogP contribution in [0.25, 0.3) is 0 Å². The average molecular weight is 214 g/mol. The first-order chi connectivity index (χ1) is 6.65. The Kier molecular flexibility index (Phi) is 2.26.